The van der Waals surface area contributed by atoms with E-state index < -0.39 is 5.97 Å². The second kappa shape index (κ2) is 4.61. The predicted molar refractivity (Wildman–Crippen MR) is 68.9 cm³/mol. The average Bonchev–Trinajstić information content (AvgIpc) is 3.07. The summed E-state index contributed by atoms with van der Waals surface area (Å²) < 4.78 is 6.79. The first-order valence-electron chi connectivity index (χ1n) is 5.80. The first kappa shape index (κ1) is 12.1. The molecule has 0 saturated heterocycles. The molecular weight excluding hydrogens is 260 g/mol. The summed E-state index contributed by atoms with van der Waals surface area (Å²) in [7, 11) is 1.79. The molecule has 20 heavy (non-hydrogen) atoms. The number of hydrogen-bond donors (Lipinski definition) is 1. The van der Waals surface area contributed by atoms with Crippen LogP contribution in [0.1, 0.15) is 10.4 Å². The van der Waals surface area contributed by atoms with Gasteiger partial charge in [0.25, 0.3) is 5.89 Å². The highest BCUT2D eigenvalue weighted by Crippen LogP contribution is 2.22. The van der Waals surface area contributed by atoms with Crippen LogP contribution >= 0.6 is 0 Å². The third-order valence-corrected chi connectivity index (χ3v) is 2.75. The lowest BCUT2D eigenvalue weighted by Gasteiger charge is -1.96. The maximum atomic E-state index is 10.9. The van der Waals surface area contributed by atoms with Crippen LogP contribution < -0.4 is 0 Å². The van der Waals surface area contributed by atoms with Crippen LogP contribution in [-0.4, -0.2) is 31.0 Å². The Bertz CT molecular complexity index is 775. The van der Waals surface area contributed by atoms with Gasteiger partial charge in [0.15, 0.2) is 0 Å². The van der Waals surface area contributed by atoms with E-state index in [-0.39, 0.29) is 5.56 Å². The summed E-state index contributed by atoms with van der Waals surface area (Å²) in [6.07, 6.45) is 3.37. The minimum absolute atomic E-state index is 0.176. The van der Waals surface area contributed by atoms with E-state index in [1.807, 2.05) is 0 Å². The summed E-state index contributed by atoms with van der Waals surface area (Å²) in [6.45, 7) is 0. The van der Waals surface area contributed by atoms with Crippen LogP contribution in [0, 0.1) is 0 Å². The molecule has 2 heterocycles. The van der Waals surface area contributed by atoms with Crippen LogP contribution in [0.4, 0.5) is 0 Å². The highest BCUT2D eigenvalue weighted by atomic mass is 16.5. The molecule has 0 atom stereocenters. The molecule has 0 aliphatic rings. The Hall–Kier alpha value is -2.96. The van der Waals surface area contributed by atoms with Crippen LogP contribution in [0.5, 0.6) is 0 Å². The van der Waals surface area contributed by atoms with Gasteiger partial charge in [-0.3, -0.25) is 4.68 Å². The minimum Gasteiger partial charge on any atom is -0.478 e. The van der Waals surface area contributed by atoms with Gasteiger partial charge in [0.05, 0.1) is 17.3 Å². The molecule has 100 valence electrons. The Balaban J connectivity index is 1.98. The SMILES string of the molecule is Cn1cc(-c2nc(-c3cccc(C(=O)O)c3)no2)cn1. The molecule has 3 rings (SSSR count). The van der Waals surface area contributed by atoms with Crippen molar-refractivity contribution in [2.75, 3.05) is 0 Å². The van der Waals surface area contributed by atoms with Crippen molar-refractivity contribution in [3.05, 3.63) is 42.2 Å². The highest BCUT2D eigenvalue weighted by Gasteiger charge is 2.13. The van der Waals surface area contributed by atoms with Crippen LogP contribution in [-0.2, 0) is 7.05 Å². The molecular formula is C13H10N4O3. The molecule has 0 amide bonds. The van der Waals surface area contributed by atoms with Gasteiger partial charge in [-0.05, 0) is 12.1 Å². The molecule has 0 aliphatic carbocycles. The second-order valence-corrected chi connectivity index (χ2v) is 4.21. The molecule has 7 nitrogen and oxygen atoms in total. The molecule has 2 aromatic heterocycles. The van der Waals surface area contributed by atoms with Crippen LogP contribution in [0.25, 0.3) is 22.8 Å². The first-order valence-corrected chi connectivity index (χ1v) is 5.80. The number of aromatic nitrogens is 4. The Labute approximate surface area is 113 Å². The molecule has 0 spiro atoms. The molecule has 3 aromatic rings. The molecule has 0 unspecified atom stereocenters. The fourth-order valence-electron chi connectivity index (χ4n) is 1.78. The molecule has 1 N–H and O–H groups in total. The van der Waals surface area contributed by atoms with Gasteiger partial charge in [-0.25, -0.2) is 4.79 Å². The van der Waals surface area contributed by atoms with Crippen LogP contribution in [0.2, 0.25) is 0 Å². The lowest BCUT2D eigenvalue weighted by Crippen LogP contribution is -1.96. The van der Waals surface area contributed by atoms with Crippen molar-refractivity contribution in [2.24, 2.45) is 7.05 Å². The molecule has 0 radical (unpaired) electrons. The molecule has 0 fully saturated rings. The van der Waals surface area contributed by atoms with Crippen molar-refractivity contribution in [1.29, 1.82) is 0 Å². The molecule has 0 bridgehead atoms. The van der Waals surface area contributed by atoms with Gasteiger partial charge in [0.1, 0.15) is 0 Å². The summed E-state index contributed by atoms with van der Waals surface area (Å²) in [6, 6.07) is 6.37. The van der Waals surface area contributed by atoms with E-state index in [4.69, 9.17) is 9.63 Å². The van der Waals surface area contributed by atoms with Crippen molar-refractivity contribution in [1.82, 2.24) is 19.9 Å². The third-order valence-electron chi connectivity index (χ3n) is 2.75. The van der Waals surface area contributed by atoms with Gasteiger partial charge in [-0.2, -0.15) is 10.1 Å². The number of carboxylic acids is 1. The van der Waals surface area contributed by atoms with Crippen molar-refractivity contribution in [2.45, 2.75) is 0 Å². The predicted octanol–water partition coefficient (Wildman–Crippen LogP) is 1.84. The van der Waals surface area contributed by atoms with E-state index in [9.17, 15) is 4.79 Å². The Morgan fingerprint density at radius 1 is 1.35 bits per heavy atom. The smallest absolute Gasteiger partial charge is 0.335 e. The molecule has 0 saturated carbocycles. The monoisotopic (exact) mass is 270 g/mol. The topological polar surface area (TPSA) is 94.0 Å². The maximum Gasteiger partial charge on any atom is 0.335 e. The number of hydrogen-bond acceptors (Lipinski definition) is 5. The van der Waals surface area contributed by atoms with E-state index in [1.165, 1.54) is 12.1 Å². The first-order chi connectivity index (χ1) is 9.63. The zero-order valence-corrected chi connectivity index (χ0v) is 10.5. The summed E-state index contributed by atoms with van der Waals surface area (Å²) in [5, 5.41) is 16.8. The van der Waals surface area contributed by atoms with Gasteiger partial charge in [0, 0.05) is 18.8 Å². The fraction of sp³-hybridized carbons (Fsp3) is 0.0769. The largest absolute Gasteiger partial charge is 0.478 e. The molecule has 1 aromatic carbocycles. The van der Waals surface area contributed by atoms with Crippen molar-refractivity contribution >= 4 is 5.97 Å². The number of aromatic carboxylic acids is 1. The minimum atomic E-state index is -0.997. The maximum absolute atomic E-state index is 10.9. The van der Waals surface area contributed by atoms with Gasteiger partial charge in [-0.1, -0.05) is 17.3 Å². The lowest BCUT2D eigenvalue weighted by molar-refractivity contribution is 0.0697. The van der Waals surface area contributed by atoms with Crippen molar-refractivity contribution in [3.63, 3.8) is 0 Å². The fourth-order valence-corrected chi connectivity index (χ4v) is 1.78. The van der Waals surface area contributed by atoms with Gasteiger partial charge >= 0.3 is 5.97 Å². The Morgan fingerprint density at radius 2 is 2.20 bits per heavy atom. The van der Waals surface area contributed by atoms with E-state index in [0.29, 0.717) is 22.8 Å². The summed E-state index contributed by atoms with van der Waals surface area (Å²) in [4.78, 5) is 15.2. The molecule has 0 aliphatic heterocycles. The van der Waals surface area contributed by atoms with E-state index in [1.54, 1.807) is 36.3 Å². The Kier molecular flexibility index (Phi) is 2.79. The van der Waals surface area contributed by atoms with Crippen molar-refractivity contribution < 1.29 is 14.4 Å². The lowest BCUT2D eigenvalue weighted by atomic mass is 10.1. The van der Waals surface area contributed by atoms with E-state index in [2.05, 4.69) is 15.2 Å². The summed E-state index contributed by atoms with van der Waals surface area (Å²) in [5.41, 5.74) is 1.47. The normalized spacial score (nSPS) is 10.7. The van der Waals surface area contributed by atoms with Crippen molar-refractivity contribution in [3.8, 4) is 22.8 Å². The number of aryl methyl sites for hydroxylation is 1. The van der Waals surface area contributed by atoms with Crippen LogP contribution in [0.3, 0.4) is 0 Å². The summed E-state index contributed by atoms with van der Waals surface area (Å²) >= 11 is 0. The van der Waals surface area contributed by atoms with Crippen LogP contribution in [0.15, 0.2) is 41.2 Å². The van der Waals surface area contributed by atoms with Gasteiger partial charge in [-0.15, -0.1) is 0 Å². The van der Waals surface area contributed by atoms with Gasteiger partial charge < -0.3 is 9.63 Å². The van der Waals surface area contributed by atoms with Gasteiger partial charge in [0.2, 0.25) is 5.82 Å². The van der Waals surface area contributed by atoms with E-state index >= 15 is 0 Å². The second-order valence-electron chi connectivity index (χ2n) is 4.21. The summed E-state index contributed by atoms with van der Waals surface area (Å²) in [5.74, 6) is -0.316. The number of carbonyl (C=O) groups is 1. The number of carboxylic acid groups (broad SMARTS) is 1. The Morgan fingerprint density at radius 3 is 2.90 bits per heavy atom. The molecule has 7 heteroatoms. The number of nitrogens with zero attached hydrogens (tertiary/aromatic N) is 4. The number of benzene rings is 1. The average molecular weight is 270 g/mol. The standard InChI is InChI=1S/C13H10N4O3/c1-17-7-10(6-14-17)12-15-11(16-20-12)8-3-2-4-9(5-8)13(18)19/h2-7H,1H3,(H,18,19). The zero-order valence-electron chi connectivity index (χ0n) is 10.5. The highest BCUT2D eigenvalue weighted by molar-refractivity contribution is 5.89. The van der Waals surface area contributed by atoms with E-state index in [0.717, 1.165) is 0 Å². The quantitative estimate of drug-likeness (QED) is 0.780. The zero-order chi connectivity index (χ0) is 14.1. The number of rotatable bonds is 3. The third kappa shape index (κ3) is 2.16.